The highest BCUT2D eigenvalue weighted by Gasteiger charge is 2.24. The predicted octanol–water partition coefficient (Wildman–Crippen LogP) is 3.63. The summed E-state index contributed by atoms with van der Waals surface area (Å²) in [5, 5.41) is 0. The lowest BCUT2D eigenvalue weighted by atomic mass is 10.2. The predicted molar refractivity (Wildman–Crippen MR) is 107 cm³/mol. The van der Waals surface area contributed by atoms with Crippen molar-refractivity contribution in [3.63, 3.8) is 0 Å². The van der Waals surface area contributed by atoms with Crippen molar-refractivity contribution in [3.8, 4) is 11.5 Å². The van der Waals surface area contributed by atoms with E-state index in [0.717, 1.165) is 28.4 Å². The molecule has 0 N–H and O–H groups in total. The van der Waals surface area contributed by atoms with Crippen molar-refractivity contribution in [2.45, 2.75) is 19.6 Å². The number of likely N-dealkylation sites (N-methyl/N-ethyl adjacent to an activating group) is 2. The molecule has 1 aliphatic rings. The van der Waals surface area contributed by atoms with Crippen LogP contribution in [0.15, 0.2) is 40.2 Å². The number of hydrogen-bond acceptors (Lipinski definition) is 5. The fourth-order valence-electron chi connectivity index (χ4n) is 2.81. The maximum Gasteiger partial charge on any atom is 0.236 e. The van der Waals surface area contributed by atoms with Gasteiger partial charge in [0, 0.05) is 18.5 Å². The smallest absolute Gasteiger partial charge is 0.236 e. The number of rotatable bonds is 7. The fourth-order valence-corrected chi connectivity index (χ4v) is 4.33. The molecule has 0 spiro atoms. The van der Waals surface area contributed by atoms with Gasteiger partial charge in [0.2, 0.25) is 5.91 Å². The number of ether oxygens (including phenoxy) is 2. The van der Waals surface area contributed by atoms with Gasteiger partial charge in [0.05, 0.1) is 16.9 Å². The average molecular weight is 439 g/mol. The number of hydrogen-bond donors (Lipinski definition) is 0. The lowest BCUT2D eigenvalue weighted by molar-refractivity contribution is -0.132. The molecule has 0 saturated heterocycles. The number of para-hydroxylation sites is 2. The van der Waals surface area contributed by atoms with Crippen LogP contribution in [-0.4, -0.2) is 55.1 Å². The molecule has 140 valence electrons. The molecule has 0 fully saturated rings. The summed E-state index contributed by atoms with van der Waals surface area (Å²) in [5.74, 6) is 1.59. The summed E-state index contributed by atoms with van der Waals surface area (Å²) < 4.78 is 12.8. The molecule has 7 heteroatoms. The summed E-state index contributed by atoms with van der Waals surface area (Å²) >= 11 is 5.19. The largest absolute Gasteiger partial charge is 0.486 e. The molecule has 2 aromatic rings. The number of halogens is 1. The van der Waals surface area contributed by atoms with E-state index < -0.39 is 0 Å². The van der Waals surface area contributed by atoms with E-state index >= 15 is 0 Å². The summed E-state index contributed by atoms with van der Waals surface area (Å²) in [7, 11) is 1.82. The van der Waals surface area contributed by atoms with Crippen LogP contribution in [0.25, 0.3) is 0 Å². The first-order valence-corrected chi connectivity index (χ1v) is 10.2. The Hall–Kier alpha value is -1.57. The van der Waals surface area contributed by atoms with Crippen molar-refractivity contribution in [1.29, 1.82) is 0 Å². The Morgan fingerprint density at radius 2 is 2.04 bits per heavy atom. The molecule has 3 rings (SSSR count). The molecule has 1 amide bonds. The molecule has 1 unspecified atom stereocenters. The Kier molecular flexibility index (Phi) is 6.56. The number of benzene rings is 1. The lowest BCUT2D eigenvalue weighted by Gasteiger charge is -2.30. The molecule has 5 nitrogen and oxygen atoms in total. The van der Waals surface area contributed by atoms with Gasteiger partial charge in [0.1, 0.15) is 6.61 Å². The standard InChI is InChI=1S/C19H23BrN2O3S/c1-3-22(11-15-8-9-18(20)26-15)12-19(23)21(2)10-14-13-24-16-6-4-5-7-17(16)25-14/h4-9,14H,3,10-13H2,1-2H3. The zero-order chi connectivity index (χ0) is 18.5. The van der Waals surface area contributed by atoms with Gasteiger partial charge in [-0.3, -0.25) is 9.69 Å². The van der Waals surface area contributed by atoms with Gasteiger partial charge in [-0.1, -0.05) is 19.1 Å². The maximum atomic E-state index is 12.6. The van der Waals surface area contributed by atoms with E-state index in [1.165, 1.54) is 4.88 Å². The highest BCUT2D eigenvalue weighted by Crippen LogP contribution is 2.31. The van der Waals surface area contributed by atoms with Gasteiger partial charge in [-0.15, -0.1) is 11.3 Å². The molecule has 1 aliphatic heterocycles. The van der Waals surface area contributed by atoms with Crippen LogP contribution in [0.3, 0.4) is 0 Å². The van der Waals surface area contributed by atoms with Gasteiger partial charge in [-0.05, 0) is 46.7 Å². The second-order valence-electron chi connectivity index (χ2n) is 6.28. The first-order chi connectivity index (χ1) is 12.5. The quantitative estimate of drug-likeness (QED) is 0.661. The molecule has 1 aromatic heterocycles. The van der Waals surface area contributed by atoms with Crippen molar-refractivity contribution in [2.24, 2.45) is 0 Å². The number of nitrogens with zero attached hydrogens (tertiary/aromatic N) is 2. The summed E-state index contributed by atoms with van der Waals surface area (Å²) in [6, 6.07) is 11.8. The van der Waals surface area contributed by atoms with Crippen molar-refractivity contribution in [3.05, 3.63) is 45.1 Å². The van der Waals surface area contributed by atoms with Crippen LogP contribution in [-0.2, 0) is 11.3 Å². The van der Waals surface area contributed by atoms with Crippen LogP contribution in [0.5, 0.6) is 11.5 Å². The number of thiophene rings is 1. The van der Waals surface area contributed by atoms with E-state index in [1.807, 2.05) is 37.4 Å². The molecular formula is C19H23BrN2O3S. The van der Waals surface area contributed by atoms with Crippen LogP contribution in [0.2, 0.25) is 0 Å². The SMILES string of the molecule is CCN(CC(=O)N(C)CC1COc2ccccc2O1)Cc1ccc(Br)s1. The van der Waals surface area contributed by atoms with Gasteiger partial charge >= 0.3 is 0 Å². The first kappa shape index (κ1) is 19.2. The third-order valence-corrected chi connectivity index (χ3v) is 5.89. The average Bonchev–Trinajstić information content (AvgIpc) is 3.05. The summed E-state index contributed by atoms with van der Waals surface area (Å²) in [4.78, 5) is 17.7. The third-order valence-electron chi connectivity index (χ3n) is 4.29. The van der Waals surface area contributed by atoms with E-state index in [0.29, 0.717) is 19.7 Å². The number of fused-ring (bicyclic) bond motifs is 1. The Labute approximate surface area is 166 Å². The molecular weight excluding hydrogens is 416 g/mol. The third kappa shape index (κ3) is 4.99. The maximum absolute atomic E-state index is 12.6. The highest BCUT2D eigenvalue weighted by molar-refractivity contribution is 9.11. The minimum Gasteiger partial charge on any atom is -0.486 e. The molecule has 0 radical (unpaired) electrons. The second-order valence-corrected chi connectivity index (χ2v) is 8.83. The Morgan fingerprint density at radius 1 is 1.27 bits per heavy atom. The molecule has 1 atom stereocenters. The Bertz CT molecular complexity index is 752. The van der Waals surface area contributed by atoms with Crippen molar-refractivity contribution < 1.29 is 14.3 Å². The van der Waals surface area contributed by atoms with Gasteiger partial charge in [-0.25, -0.2) is 0 Å². The molecule has 0 bridgehead atoms. The second kappa shape index (κ2) is 8.88. The number of carbonyl (C=O) groups excluding carboxylic acids is 1. The van der Waals surface area contributed by atoms with Gasteiger partial charge in [0.25, 0.3) is 0 Å². The molecule has 26 heavy (non-hydrogen) atoms. The molecule has 1 aromatic carbocycles. The summed E-state index contributed by atoms with van der Waals surface area (Å²) in [6.07, 6.45) is -0.151. The minimum absolute atomic E-state index is 0.0879. The van der Waals surface area contributed by atoms with Crippen LogP contribution in [0, 0.1) is 0 Å². The normalized spacial score (nSPS) is 15.9. The topological polar surface area (TPSA) is 42.0 Å². The fraction of sp³-hybridized carbons (Fsp3) is 0.421. The zero-order valence-corrected chi connectivity index (χ0v) is 17.4. The van der Waals surface area contributed by atoms with Crippen molar-refractivity contribution in [1.82, 2.24) is 9.80 Å². The van der Waals surface area contributed by atoms with Crippen LogP contribution >= 0.6 is 27.3 Å². The molecule has 2 heterocycles. The summed E-state index contributed by atoms with van der Waals surface area (Å²) in [6.45, 7) is 5.04. The Morgan fingerprint density at radius 3 is 2.73 bits per heavy atom. The summed E-state index contributed by atoms with van der Waals surface area (Å²) in [5.41, 5.74) is 0. The molecule has 0 saturated carbocycles. The number of carbonyl (C=O) groups is 1. The van der Waals surface area contributed by atoms with Gasteiger partial charge in [-0.2, -0.15) is 0 Å². The van der Waals surface area contributed by atoms with Gasteiger partial charge in [0.15, 0.2) is 17.6 Å². The van der Waals surface area contributed by atoms with Crippen LogP contribution in [0.4, 0.5) is 0 Å². The van der Waals surface area contributed by atoms with E-state index in [-0.39, 0.29) is 12.0 Å². The highest BCUT2D eigenvalue weighted by atomic mass is 79.9. The van der Waals surface area contributed by atoms with E-state index in [9.17, 15) is 4.79 Å². The van der Waals surface area contributed by atoms with Crippen molar-refractivity contribution in [2.75, 3.05) is 33.3 Å². The monoisotopic (exact) mass is 438 g/mol. The van der Waals surface area contributed by atoms with E-state index in [2.05, 4.69) is 33.8 Å². The molecule has 0 aliphatic carbocycles. The number of amides is 1. The van der Waals surface area contributed by atoms with E-state index in [1.54, 1.807) is 16.2 Å². The zero-order valence-electron chi connectivity index (χ0n) is 15.0. The van der Waals surface area contributed by atoms with Crippen molar-refractivity contribution >= 4 is 33.2 Å². The van der Waals surface area contributed by atoms with E-state index in [4.69, 9.17) is 9.47 Å². The van der Waals surface area contributed by atoms with Gasteiger partial charge < -0.3 is 14.4 Å². The lowest BCUT2D eigenvalue weighted by Crippen LogP contribution is -2.45. The first-order valence-electron chi connectivity index (χ1n) is 8.64. The van der Waals surface area contributed by atoms with Crippen LogP contribution in [0.1, 0.15) is 11.8 Å². The van der Waals surface area contributed by atoms with Crippen LogP contribution < -0.4 is 9.47 Å². The Balaban J connectivity index is 1.51. The minimum atomic E-state index is -0.151.